The molecule has 1 saturated heterocycles. The van der Waals surface area contributed by atoms with Crippen LogP contribution in [0.4, 0.5) is 0 Å². The van der Waals surface area contributed by atoms with Gasteiger partial charge < -0.3 is 19.7 Å². The molecule has 0 bridgehead atoms. The molecule has 1 aliphatic heterocycles. The summed E-state index contributed by atoms with van der Waals surface area (Å²) in [6.45, 7) is 3.63. The normalized spacial score (nSPS) is 31.8. The highest BCUT2D eigenvalue weighted by molar-refractivity contribution is 6.24. The number of hydrogen-bond acceptors (Lipinski definition) is 7. The molecule has 3 heterocycles. The summed E-state index contributed by atoms with van der Waals surface area (Å²) in [5.74, 6) is 0.375. The molecular formula is C13H17ClN4O4. The van der Waals surface area contributed by atoms with Crippen LogP contribution in [0.5, 0.6) is 5.88 Å². The number of halogens is 1. The van der Waals surface area contributed by atoms with Crippen molar-refractivity contribution in [1.29, 1.82) is 0 Å². The Morgan fingerprint density at radius 1 is 1.45 bits per heavy atom. The van der Waals surface area contributed by atoms with E-state index in [1.54, 1.807) is 11.5 Å². The second-order valence-corrected chi connectivity index (χ2v) is 6.06. The highest BCUT2D eigenvalue weighted by atomic mass is 35.5. The molecule has 4 unspecified atom stereocenters. The van der Waals surface area contributed by atoms with E-state index in [0.717, 1.165) is 0 Å². The molecule has 0 aromatic carbocycles. The van der Waals surface area contributed by atoms with E-state index in [-0.39, 0.29) is 6.61 Å². The van der Waals surface area contributed by atoms with Crippen molar-refractivity contribution in [2.24, 2.45) is 0 Å². The second kappa shape index (κ2) is 5.62. The van der Waals surface area contributed by atoms with Gasteiger partial charge in [-0.05, 0) is 13.8 Å². The third-order valence-electron chi connectivity index (χ3n) is 3.76. The Balaban J connectivity index is 2.06. The Morgan fingerprint density at radius 2 is 2.23 bits per heavy atom. The SMILES string of the molecule is CCOc1ncnc2c1ncn2C1OC(CO)C(O)C1(C)Cl. The summed E-state index contributed by atoms with van der Waals surface area (Å²) in [6.07, 6.45) is 0.370. The zero-order valence-corrected chi connectivity index (χ0v) is 12.9. The van der Waals surface area contributed by atoms with Gasteiger partial charge in [0.25, 0.3) is 0 Å². The summed E-state index contributed by atoms with van der Waals surface area (Å²) in [5.41, 5.74) is 0.975. The van der Waals surface area contributed by atoms with Gasteiger partial charge in [-0.2, -0.15) is 4.98 Å². The number of fused-ring (bicyclic) bond motifs is 1. The number of rotatable bonds is 4. The highest BCUT2D eigenvalue weighted by Gasteiger charge is 2.53. The van der Waals surface area contributed by atoms with Crippen LogP contribution in [0.25, 0.3) is 11.2 Å². The Hall–Kier alpha value is -1.48. The first kappa shape index (κ1) is 15.4. The Kier molecular flexibility index (Phi) is 3.94. The Labute approximate surface area is 131 Å². The first-order chi connectivity index (χ1) is 10.5. The number of ether oxygens (including phenoxy) is 2. The van der Waals surface area contributed by atoms with Crippen LogP contribution in [0.1, 0.15) is 20.1 Å². The summed E-state index contributed by atoms with van der Waals surface area (Å²) in [6, 6.07) is 0. The minimum absolute atomic E-state index is 0.328. The molecule has 3 rings (SSSR count). The van der Waals surface area contributed by atoms with E-state index in [0.29, 0.717) is 23.7 Å². The van der Waals surface area contributed by atoms with E-state index >= 15 is 0 Å². The molecule has 2 aromatic heterocycles. The van der Waals surface area contributed by atoms with E-state index in [4.69, 9.17) is 21.1 Å². The summed E-state index contributed by atoms with van der Waals surface area (Å²) < 4.78 is 12.7. The molecule has 1 fully saturated rings. The fraction of sp³-hybridized carbons (Fsp3) is 0.615. The third-order valence-corrected chi connectivity index (χ3v) is 4.17. The summed E-state index contributed by atoms with van der Waals surface area (Å²) in [7, 11) is 0. The second-order valence-electron chi connectivity index (χ2n) is 5.24. The number of alkyl halides is 1. The molecule has 8 nitrogen and oxygen atoms in total. The average Bonchev–Trinajstić information content (AvgIpc) is 3.01. The maximum absolute atomic E-state index is 10.2. The van der Waals surface area contributed by atoms with Gasteiger partial charge in [0.1, 0.15) is 23.4 Å². The maximum atomic E-state index is 10.2. The quantitative estimate of drug-likeness (QED) is 0.786. The molecule has 0 spiro atoms. The van der Waals surface area contributed by atoms with E-state index in [9.17, 15) is 10.2 Å². The zero-order valence-electron chi connectivity index (χ0n) is 12.2. The largest absolute Gasteiger partial charge is 0.476 e. The van der Waals surface area contributed by atoms with Crippen LogP contribution in [-0.2, 0) is 4.74 Å². The fourth-order valence-electron chi connectivity index (χ4n) is 2.61. The van der Waals surface area contributed by atoms with E-state index in [1.165, 1.54) is 12.7 Å². The lowest BCUT2D eigenvalue weighted by Gasteiger charge is -2.26. The third kappa shape index (κ3) is 2.23. The first-order valence-corrected chi connectivity index (χ1v) is 7.32. The van der Waals surface area contributed by atoms with Crippen LogP contribution in [0.2, 0.25) is 0 Å². The van der Waals surface area contributed by atoms with Gasteiger partial charge in [-0.15, -0.1) is 11.6 Å². The zero-order chi connectivity index (χ0) is 15.9. The smallest absolute Gasteiger partial charge is 0.245 e. The molecule has 22 heavy (non-hydrogen) atoms. The Morgan fingerprint density at radius 3 is 2.86 bits per heavy atom. The topological polar surface area (TPSA) is 103 Å². The predicted molar refractivity (Wildman–Crippen MR) is 77.8 cm³/mol. The minimum Gasteiger partial charge on any atom is -0.476 e. The maximum Gasteiger partial charge on any atom is 0.245 e. The van der Waals surface area contributed by atoms with Gasteiger partial charge in [0.15, 0.2) is 17.4 Å². The van der Waals surface area contributed by atoms with Crippen LogP contribution >= 0.6 is 11.6 Å². The molecular weight excluding hydrogens is 312 g/mol. The van der Waals surface area contributed by atoms with E-state index < -0.39 is 23.3 Å². The monoisotopic (exact) mass is 328 g/mol. The van der Waals surface area contributed by atoms with Crippen LogP contribution in [0.3, 0.4) is 0 Å². The van der Waals surface area contributed by atoms with Crippen LogP contribution in [0, 0.1) is 0 Å². The molecule has 120 valence electrons. The number of nitrogens with zero attached hydrogens (tertiary/aromatic N) is 4. The van der Waals surface area contributed by atoms with E-state index in [1.807, 2.05) is 6.92 Å². The lowest BCUT2D eigenvalue weighted by atomic mass is 10.0. The van der Waals surface area contributed by atoms with Crippen LogP contribution in [0.15, 0.2) is 12.7 Å². The molecule has 0 aliphatic carbocycles. The molecule has 4 atom stereocenters. The molecule has 9 heteroatoms. The van der Waals surface area contributed by atoms with Gasteiger partial charge in [0.05, 0.1) is 19.5 Å². The summed E-state index contributed by atoms with van der Waals surface area (Å²) in [4.78, 5) is 11.4. The number of aliphatic hydroxyl groups excluding tert-OH is 2. The number of aromatic nitrogens is 4. The highest BCUT2D eigenvalue weighted by Crippen LogP contribution is 2.44. The van der Waals surface area contributed by atoms with Gasteiger partial charge in [-0.1, -0.05) is 0 Å². The summed E-state index contributed by atoms with van der Waals surface area (Å²) >= 11 is 6.44. The number of hydrogen-bond donors (Lipinski definition) is 2. The Bertz CT molecular complexity index is 677. The molecule has 0 saturated carbocycles. The van der Waals surface area contributed by atoms with Crippen molar-refractivity contribution in [2.75, 3.05) is 13.2 Å². The van der Waals surface area contributed by atoms with Crippen molar-refractivity contribution < 1.29 is 19.7 Å². The molecule has 0 radical (unpaired) electrons. The lowest BCUT2D eigenvalue weighted by molar-refractivity contribution is -0.0441. The predicted octanol–water partition coefficient (Wildman–Crippen LogP) is 0.473. The van der Waals surface area contributed by atoms with Gasteiger partial charge in [-0.25, -0.2) is 9.97 Å². The average molecular weight is 329 g/mol. The molecule has 0 amide bonds. The standard InChI is InChI=1S/C13H17ClN4O4/c1-3-21-11-8-10(15-5-16-11)18(6-17-8)12-13(2,14)9(20)7(4-19)22-12/h5-7,9,12,19-20H,3-4H2,1-2H3. The van der Waals surface area contributed by atoms with Gasteiger partial charge >= 0.3 is 0 Å². The summed E-state index contributed by atoms with van der Waals surface area (Å²) in [5, 5.41) is 19.5. The van der Waals surface area contributed by atoms with E-state index in [2.05, 4.69) is 15.0 Å². The number of aliphatic hydroxyl groups is 2. The van der Waals surface area contributed by atoms with Crippen LogP contribution in [-0.4, -0.2) is 60.0 Å². The molecule has 2 N–H and O–H groups in total. The van der Waals surface area contributed by atoms with Crippen LogP contribution < -0.4 is 4.74 Å². The van der Waals surface area contributed by atoms with Crippen molar-refractivity contribution >= 4 is 22.8 Å². The molecule has 1 aliphatic rings. The van der Waals surface area contributed by atoms with Crippen molar-refractivity contribution in [3.63, 3.8) is 0 Å². The van der Waals surface area contributed by atoms with Crippen molar-refractivity contribution in [2.45, 2.75) is 37.2 Å². The fourth-order valence-corrected chi connectivity index (χ4v) is 2.90. The van der Waals surface area contributed by atoms with Crippen molar-refractivity contribution in [3.05, 3.63) is 12.7 Å². The minimum atomic E-state index is -1.13. The first-order valence-electron chi connectivity index (χ1n) is 6.94. The van der Waals surface area contributed by atoms with Crippen molar-refractivity contribution in [3.8, 4) is 5.88 Å². The van der Waals surface area contributed by atoms with Gasteiger partial charge in [-0.3, -0.25) is 4.57 Å². The lowest BCUT2D eigenvalue weighted by Crippen LogP contribution is -2.39. The molecule has 2 aromatic rings. The van der Waals surface area contributed by atoms with Gasteiger partial charge in [0.2, 0.25) is 5.88 Å². The van der Waals surface area contributed by atoms with Gasteiger partial charge in [0, 0.05) is 0 Å². The van der Waals surface area contributed by atoms with Crippen molar-refractivity contribution in [1.82, 2.24) is 19.5 Å². The number of imidazole rings is 1.